The van der Waals surface area contributed by atoms with Crippen molar-refractivity contribution in [1.29, 1.82) is 0 Å². The number of likely N-dealkylation sites (tertiary alicyclic amines) is 2. The largest absolute Gasteiger partial charge is 0.350 e. The predicted octanol–water partition coefficient (Wildman–Crippen LogP) is 2.66. The Hall–Kier alpha value is -1.85. The van der Waals surface area contributed by atoms with Gasteiger partial charge in [-0.15, -0.1) is 0 Å². The van der Waals surface area contributed by atoms with Crippen LogP contribution in [0, 0.1) is 11.8 Å². The van der Waals surface area contributed by atoms with Crippen LogP contribution in [-0.4, -0.2) is 52.4 Å². The quantitative estimate of drug-likeness (QED) is 0.832. The van der Waals surface area contributed by atoms with Gasteiger partial charge in [-0.05, 0) is 50.4 Å². The van der Waals surface area contributed by atoms with E-state index >= 15 is 0 Å². The highest BCUT2D eigenvalue weighted by atomic mass is 16.5. The van der Waals surface area contributed by atoms with Crippen LogP contribution in [0.15, 0.2) is 4.52 Å². The molecule has 6 heteroatoms. The lowest BCUT2D eigenvalue weighted by Gasteiger charge is -2.47. The topological polar surface area (TPSA) is 66.7 Å². The third kappa shape index (κ3) is 3.14. The van der Waals surface area contributed by atoms with E-state index in [0.717, 1.165) is 62.9 Å². The lowest BCUT2D eigenvalue weighted by atomic mass is 9.83. The SMILES string of the molecule is CC(C)CN1C(=O)CCC2CN(C(=O)c3onc4c3CCCC4)CCC21. The van der Waals surface area contributed by atoms with Crippen LogP contribution in [0.2, 0.25) is 0 Å². The highest BCUT2D eigenvalue weighted by Crippen LogP contribution is 2.33. The number of piperidine rings is 2. The Morgan fingerprint density at radius 3 is 2.85 bits per heavy atom. The summed E-state index contributed by atoms with van der Waals surface area (Å²) in [5.41, 5.74) is 2.00. The van der Waals surface area contributed by atoms with Gasteiger partial charge in [-0.2, -0.15) is 0 Å². The van der Waals surface area contributed by atoms with Crippen molar-refractivity contribution in [2.45, 2.75) is 64.8 Å². The van der Waals surface area contributed by atoms with Gasteiger partial charge in [0.15, 0.2) is 0 Å². The molecule has 2 amide bonds. The van der Waals surface area contributed by atoms with Crippen LogP contribution in [0.5, 0.6) is 0 Å². The molecule has 1 aromatic rings. The van der Waals surface area contributed by atoms with E-state index in [-0.39, 0.29) is 17.9 Å². The fourth-order valence-electron chi connectivity index (χ4n) is 4.87. The second-order valence-electron chi connectivity index (χ2n) is 8.49. The zero-order valence-corrected chi connectivity index (χ0v) is 15.9. The van der Waals surface area contributed by atoms with Crippen molar-refractivity contribution in [3.8, 4) is 0 Å². The van der Waals surface area contributed by atoms with Gasteiger partial charge in [0.2, 0.25) is 11.7 Å². The van der Waals surface area contributed by atoms with E-state index in [0.29, 0.717) is 30.6 Å². The molecule has 3 heterocycles. The Labute approximate surface area is 154 Å². The molecule has 3 aliphatic rings. The number of amides is 2. The maximum Gasteiger partial charge on any atom is 0.292 e. The van der Waals surface area contributed by atoms with E-state index in [1.165, 1.54) is 0 Å². The van der Waals surface area contributed by atoms with Gasteiger partial charge in [-0.1, -0.05) is 19.0 Å². The summed E-state index contributed by atoms with van der Waals surface area (Å²) >= 11 is 0. The Balaban J connectivity index is 1.47. The van der Waals surface area contributed by atoms with E-state index in [1.54, 1.807) is 0 Å². The number of nitrogens with zero attached hydrogens (tertiary/aromatic N) is 3. The van der Waals surface area contributed by atoms with Crippen molar-refractivity contribution in [3.63, 3.8) is 0 Å². The number of aryl methyl sites for hydroxylation is 1. The molecule has 26 heavy (non-hydrogen) atoms. The second-order valence-corrected chi connectivity index (χ2v) is 8.49. The third-order valence-corrected chi connectivity index (χ3v) is 6.15. The number of hydrogen-bond acceptors (Lipinski definition) is 4. The molecule has 2 atom stereocenters. The van der Waals surface area contributed by atoms with Gasteiger partial charge < -0.3 is 14.3 Å². The van der Waals surface area contributed by atoms with Crippen LogP contribution in [-0.2, 0) is 17.6 Å². The first-order valence-electron chi connectivity index (χ1n) is 10.1. The number of hydrogen-bond donors (Lipinski definition) is 0. The molecule has 0 N–H and O–H groups in total. The molecule has 0 spiro atoms. The fraction of sp³-hybridized carbons (Fsp3) is 0.750. The number of carbonyl (C=O) groups excluding carboxylic acids is 2. The molecule has 2 unspecified atom stereocenters. The maximum atomic E-state index is 13.0. The highest BCUT2D eigenvalue weighted by Gasteiger charge is 2.41. The van der Waals surface area contributed by atoms with Crippen LogP contribution >= 0.6 is 0 Å². The average molecular weight is 359 g/mol. The first-order chi connectivity index (χ1) is 12.5. The second kappa shape index (κ2) is 7.05. The molecule has 2 fully saturated rings. The summed E-state index contributed by atoms with van der Waals surface area (Å²) in [5.74, 6) is 1.58. The normalized spacial score (nSPS) is 26.0. The van der Waals surface area contributed by atoms with Crippen molar-refractivity contribution in [3.05, 3.63) is 17.0 Å². The molecule has 0 radical (unpaired) electrons. The zero-order valence-electron chi connectivity index (χ0n) is 15.9. The summed E-state index contributed by atoms with van der Waals surface area (Å²) in [7, 11) is 0. The summed E-state index contributed by atoms with van der Waals surface area (Å²) in [5, 5.41) is 4.13. The molecular weight excluding hydrogens is 330 g/mol. The molecule has 1 aliphatic carbocycles. The van der Waals surface area contributed by atoms with Gasteiger partial charge in [-0.25, -0.2) is 0 Å². The van der Waals surface area contributed by atoms with Crippen LogP contribution < -0.4 is 0 Å². The summed E-state index contributed by atoms with van der Waals surface area (Å²) in [6.45, 7) is 6.55. The molecule has 0 aromatic carbocycles. The molecule has 0 saturated carbocycles. The van der Waals surface area contributed by atoms with Crippen LogP contribution in [0.4, 0.5) is 0 Å². The lowest BCUT2D eigenvalue weighted by Crippen LogP contribution is -2.57. The smallest absolute Gasteiger partial charge is 0.292 e. The van der Waals surface area contributed by atoms with Crippen LogP contribution in [0.3, 0.4) is 0 Å². The third-order valence-electron chi connectivity index (χ3n) is 6.15. The van der Waals surface area contributed by atoms with Crippen LogP contribution in [0.25, 0.3) is 0 Å². The molecular formula is C20H29N3O3. The minimum atomic E-state index is -0.00795. The molecule has 142 valence electrons. The standard InChI is InChI=1S/C20H29N3O3/c1-13(2)11-23-17-9-10-22(12-14(17)7-8-18(23)24)20(25)19-15-5-3-4-6-16(15)21-26-19/h13-14,17H,3-12H2,1-2H3. The van der Waals surface area contributed by atoms with Gasteiger partial charge in [-0.3, -0.25) is 9.59 Å². The first-order valence-corrected chi connectivity index (χ1v) is 10.1. The van der Waals surface area contributed by atoms with E-state index in [2.05, 4.69) is 23.9 Å². The molecule has 2 aliphatic heterocycles. The predicted molar refractivity (Wildman–Crippen MR) is 96.7 cm³/mol. The molecule has 2 saturated heterocycles. The Bertz CT molecular complexity index is 696. The van der Waals surface area contributed by atoms with E-state index in [9.17, 15) is 9.59 Å². The minimum Gasteiger partial charge on any atom is -0.350 e. The lowest BCUT2D eigenvalue weighted by molar-refractivity contribution is -0.141. The zero-order chi connectivity index (χ0) is 18.3. The van der Waals surface area contributed by atoms with Crippen LogP contribution in [0.1, 0.15) is 67.8 Å². The Morgan fingerprint density at radius 2 is 2.04 bits per heavy atom. The van der Waals surface area contributed by atoms with Crippen molar-refractivity contribution in [2.24, 2.45) is 11.8 Å². The molecule has 0 bridgehead atoms. The number of rotatable bonds is 3. The van der Waals surface area contributed by atoms with Gasteiger partial charge in [0.1, 0.15) is 0 Å². The minimum absolute atomic E-state index is 0.00795. The fourth-order valence-corrected chi connectivity index (χ4v) is 4.87. The van der Waals surface area contributed by atoms with Crippen molar-refractivity contribution >= 4 is 11.8 Å². The summed E-state index contributed by atoms with van der Waals surface area (Å²) in [6.07, 6.45) is 6.40. The molecule has 4 rings (SSSR count). The van der Waals surface area contributed by atoms with Gasteiger partial charge in [0, 0.05) is 37.7 Å². The van der Waals surface area contributed by atoms with E-state index in [1.807, 2.05) is 4.90 Å². The van der Waals surface area contributed by atoms with E-state index < -0.39 is 0 Å². The van der Waals surface area contributed by atoms with Crippen molar-refractivity contribution in [1.82, 2.24) is 15.0 Å². The first kappa shape index (κ1) is 17.6. The summed E-state index contributed by atoms with van der Waals surface area (Å²) < 4.78 is 5.45. The average Bonchev–Trinajstić information content (AvgIpc) is 3.07. The van der Waals surface area contributed by atoms with Gasteiger partial charge in [0.05, 0.1) is 5.69 Å². The molecule has 1 aromatic heterocycles. The Morgan fingerprint density at radius 1 is 1.23 bits per heavy atom. The number of aromatic nitrogens is 1. The summed E-state index contributed by atoms with van der Waals surface area (Å²) in [6, 6.07) is 0.284. The maximum absolute atomic E-state index is 13.0. The van der Waals surface area contributed by atoms with E-state index in [4.69, 9.17) is 4.52 Å². The van der Waals surface area contributed by atoms with Gasteiger partial charge in [0.25, 0.3) is 5.91 Å². The molecule has 6 nitrogen and oxygen atoms in total. The highest BCUT2D eigenvalue weighted by molar-refractivity contribution is 5.93. The summed E-state index contributed by atoms with van der Waals surface area (Å²) in [4.78, 5) is 29.4. The Kier molecular flexibility index (Phi) is 4.76. The van der Waals surface area contributed by atoms with Crippen molar-refractivity contribution in [2.75, 3.05) is 19.6 Å². The number of fused-ring (bicyclic) bond motifs is 2. The van der Waals surface area contributed by atoms with Crippen molar-refractivity contribution < 1.29 is 14.1 Å². The monoisotopic (exact) mass is 359 g/mol. The van der Waals surface area contributed by atoms with Gasteiger partial charge >= 0.3 is 0 Å². The number of carbonyl (C=O) groups is 2.